The molecule has 0 saturated heterocycles. The van der Waals surface area contributed by atoms with E-state index in [-0.39, 0.29) is 17.7 Å². The molecular formula is C11H12N2O5. The summed E-state index contributed by atoms with van der Waals surface area (Å²) in [6.45, 7) is 1.19. The quantitative estimate of drug-likeness (QED) is 0.592. The van der Waals surface area contributed by atoms with Gasteiger partial charge in [-0.1, -0.05) is 18.2 Å². The van der Waals surface area contributed by atoms with Gasteiger partial charge in [-0.05, 0) is 0 Å². The number of para-hydroxylation sites is 1. The van der Waals surface area contributed by atoms with Crippen LogP contribution in [0.25, 0.3) is 0 Å². The predicted molar refractivity (Wildman–Crippen MR) is 62.0 cm³/mol. The summed E-state index contributed by atoms with van der Waals surface area (Å²) in [6.07, 6.45) is -0.133. The Morgan fingerprint density at radius 3 is 2.56 bits per heavy atom. The van der Waals surface area contributed by atoms with Crippen LogP contribution < -0.4 is 5.32 Å². The van der Waals surface area contributed by atoms with E-state index in [1.165, 1.54) is 25.1 Å². The summed E-state index contributed by atoms with van der Waals surface area (Å²) in [5, 5.41) is 21.9. The minimum atomic E-state index is -1.23. The highest BCUT2D eigenvalue weighted by Gasteiger charge is 2.23. The Labute approximate surface area is 103 Å². The molecular weight excluding hydrogens is 240 g/mol. The fraction of sp³-hybridized carbons (Fsp3) is 0.273. The number of carbonyl (C=O) groups is 2. The second-order valence-corrected chi connectivity index (χ2v) is 3.68. The van der Waals surface area contributed by atoms with Crippen LogP contribution in [0.2, 0.25) is 0 Å². The van der Waals surface area contributed by atoms with Gasteiger partial charge >= 0.3 is 5.97 Å². The summed E-state index contributed by atoms with van der Waals surface area (Å²) >= 11 is 0. The molecule has 0 aliphatic carbocycles. The standard InChI is InChI=1S/C11H12N2O5/c1-7(14)12-9(11(15)16)6-8-4-2-3-5-10(8)13(17)18/h2-5,9H,6H2,1H3,(H,12,14)(H,15,16)/t9-/m0/s1. The maximum Gasteiger partial charge on any atom is 0.326 e. The lowest BCUT2D eigenvalue weighted by molar-refractivity contribution is -0.385. The molecule has 96 valence electrons. The second kappa shape index (κ2) is 5.76. The van der Waals surface area contributed by atoms with Crippen LogP contribution in [0.5, 0.6) is 0 Å². The van der Waals surface area contributed by atoms with Crippen LogP contribution in [0.3, 0.4) is 0 Å². The zero-order chi connectivity index (χ0) is 13.7. The van der Waals surface area contributed by atoms with E-state index in [1.807, 2.05) is 0 Å². The van der Waals surface area contributed by atoms with Crippen molar-refractivity contribution in [3.05, 3.63) is 39.9 Å². The third-order valence-corrected chi connectivity index (χ3v) is 2.29. The van der Waals surface area contributed by atoms with Gasteiger partial charge in [-0.3, -0.25) is 14.9 Å². The number of carboxylic acid groups (broad SMARTS) is 1. The Hall–Kier alpha value is -2.44. The SMILES string of the molecule is CC(=O)N[C@@H](Cc1ccccc1[N+](=O)[O-])C(=O)O. The molecule has 7 nitrogen and oxygen atoms in total. The van der Waals surface area contributed by atoms with E-state index < -0.39 is 22.8 Å². The maximum absolute atomic E-state index is 10.9. The Balaban J connectivity index is 2.97. The summed E-state index contributed by atoms with van der Waals surface area (Å²) in [7, 11) is 0. The van der Waals surface area contributed by atoms with Gasteiger partial charge in [-0.25, -0.2) is 4.79 Å². The zero-order valence-electron chi connectivity index (χ0n) is 9.62. The van der Waals surface area contributed by atoms with Crippen molar-refractivity contribution in [1.29, 1.82) is 0 Å². The monoisotopic (exact) mass is 252 g/mol. The van der Waals surface area contributed by atoms with Crippen molar-refractivity contribution in [3.8, 4) is 0 Å². The number of carbonyl (C=O) groups excluding carboxylic acids is 1. The number of nitro benzene ring substituents is 1. The van der Waals surface area contributed by atoms with Crippen molar-refractivity contribution in [3.63, 3.8) is 0 Å². The summed E-state index contributed by atoms with van der Waals surface area (Å²) in [5.41, 5.74) is 0.109. The van der Waals surface area contributed by atoms with Gasteiger partial charge < -0.3 is 10.4 Å². The molecule has 1 atom stereocenters. The number of aliphatic carboxylic acids is 1. The van der Waals surface area contributed by atoms with Crippen LogP contribution in [0.15, 0.2) is 24.3 Å². The number of nitrogens with one attached hydrogen (secondary N) is 1. The van der Waals surface area contributed by atoms with Crippen LogP contribution in [-0.4, -0.2) is 27.9 Å². The first kappa shape index (κ1) is 13.6. The summed E-state index contributed by atoms with van der Waals surface area (Å²) in [6, 6.07) is 4.66. The Morgan fingerprint density at radius 2 is 2.06 bits per heavy atom. The number of nitro groups is 1. The van der Waals surface area contributed by atoms with Gasteiger partial charge in [0.1, 0.15) is 6.04 Å². The number of hydrogen-bond acceptors (Lipinski definition) is 4. The van der Waals surface area contributed by atoms with Crippen LogP contribution in [0.4, 0.5) is 5.69 Å². The second-order valence-electron chi connectivity index (χ2n) is 3.68. The highest BCUT2D eigenvalue weighted by atomic mass is 16.6. The molecule has 0 aliphatic heterocycles. The van der Waals surface area contributed by atoms with Crippen molar-refractivity contribution >= 4 is 17.6 Å². The molecule has 0 heterocycles. The van der Waals surface area contributed by atoms with Crippen molar-refractivity contribution in [2.75, 3.05) is 0 Å². The third-order valence-electron chi connectivity index (χ3n) is 2.29. The summed E-state index contributed by atoms with van der Waals surface area (Å²) in [5.74, 6) is -1.73. The minimum Gasteiger partial charge on any atom is -0.480 e. The van der Waals surface area contributed by atoms with Gasteiger partial charge in [0.2, 0.25) is 5.91 Å². The topological polar surface area (TPSA) is 110 Å². The van der Waals surface area contributed by atoms with Gasteiger partial charge in [-0.15, -0.1) is 0 Å². The molecule has 1 rings (SSSR count). The maximum atomic E-state index is 10.9. The number of nitrogens with zero attached hydrogens (tertiary/aromatic N) is 1. The molecule has 7 heteroatoms. The Bertz CT molecular complexity index is 486. The van der Waals surface area contributed by atoms with Crippen LogP contribution in [-0.2, 0) is 16.0 Å². The van der Waals surface area contributed by atoms with E-state index in [4.69, 9.17) is 5.11 Å². The van der Waals surface area contributed by atoms with Crippen molar-refractivity contribution in [2.24, 2.45) is 0 Å². The third kappa shape index (κ3) is 3.55. The molecule has 1 aromatic carbocycles. The first-order chi connectivity index (χ1) is 8.41. The van der Waals surface area contributed by atoms with Crippen molar-refractivity contribution in [1.82, 2.24) is 5.32 Å². The molecule has 0 radical (unpaired) electrons. The first-order valence-corrected chi connectivity index (χ1v) is 5.14. The molecule has 1 aromatic rings. The lowest BCUT2D eigenvalue weighted by Gasteiger charge is -2.13. The lowest BCUT2D eigenvalue weighted by Crippen LogP contribution is -2.41. The van der Waals surface area contributed by atoms with E-state index in [2.05, 4.69) is 5.32 Å². The largest absolute Gasteiger partial charge is 0.480 e. The fourth-order valence-electron chi connectivity index (χ4n) is 1.53. The smallest absolute Gasteiger partial charge is 0.326 e. The molecule has 0 bridgehead atoms. The average molecular weight is 252 g/mol. The van der Waals surface area contributed by atoms with E-state index in [9.17, 15) is 19.7 Å². The number of rotatable bonds is 5. The predicted octanol–water partition coefficient (Wildman–Crippen LogP) is 0.727. The van der Waals surface area contributed by atoms with E-state index >= 15 is 0 Å². The molecule has 2 N–H and O–H groups in total. The highest BCUT2D eigenvalue weighted by molar-refractivity contribution is 5.82. The van der Waals surface area contributed by atoms with E-state index in [0.29, 0.717) is 0 Å². The number of hydrogen-bond donors (Lipinski definition) is 2. The lowest BCUT2D eigenvalue weighted by atomic mass is 10.0. The molecule has 18 heavy (non-hydrogen) atoms. The van der Waals surface area contributed by atoms with Gasteiger partial charge in [0.25, 0.3) is 5.69 Å². The van der Waals surface area contributed by atoms with E-state index in [1.54, 1.807) is 6.07 Å². The van der Waals surface area contributed by atoms with Gasteiger partial charge in [0, 0.05) is 25.0 Å². The molecule has 0 spiro atoms. The Morgan fingerprint density at radius 1 is 1.44 bits per heavy atom. The number of benzene rings is 1. The Kier molecular flexibility index (Phi) is 4.36. The van der Waals surface area contributed by atoms with Gasteiger partial charge in [0.15, 0.2) is 0 Å². The van der Waals surface area contributed by atoms with Crippen LogP contribution in [0.1, 0.15) is 12.5 Å². The van der Waals surface area contributed by atoms with Crippen LogP contribution in [0, 0.1) is 10.1 Å². The van der Waals surface area contributed by atoms with Gasteiger partial charge in [-0.2, -0.15) is 0 Å². The molecule has 1 amide bonds. The fourth-order valence-corrected chi connectivity index (χ4v) is 1.53. The highest BCUT2D eigenvalue weighted by Crippen LogP contribution is 2.19. The number of carboxylic acids is 1. The zero-order valence-corrected chi connectivity index (χ0v) is 9.62. The van der Waals surface area contributed by atoms with Crippen LogP contribution >= 0.6 is 0 Å². The molecule has 0 saturated carbocycles. The molecule has 0 aliphatic rings. The number of amides is 1. The van der Waals surface area contributed by atoms with Crippen molar-refractivity contribution in [2.45, 2.75) is 19.4 Å². The van der Waals surface area contributed by atoms with Gasteiger partial charge in [0.05, 0.1) is 4.92 Å². The minimum absolute atomic E-state index is 0.133. The molecule has 0 unspecified atom stereocenters. The molecule has 0 aromatic heterocycles. The van der Waals surface area contributed by atoms with E-state index in [0.717, 1.165) is 0 Å². The average Bonchev–Trinajstić information content (AvgIpc) is 2.27. The summed E-state index contributed by atoms with van der Waals surface area (Å²) in [4.78, 5) is 32.0. The normalized spacial score (nSPS) is 11.6. The summed E-state index contributed by atoms with van der Waals surface area (Å²) < 4.78 is 0. The first-order valence-electron chi connectivity index (χ1n) is 5.14. The molecule has 0 fully saturated rings. The van der Waals surface area contributed by atoms with Crippen molar-refractivity contribution < 1.29 is 19.6 Å².